The van der Waals surface area contributed by atoms with Gasteiger partial charge in [0, 0.05) is 10.6 Å². The van der Waals surface area contributed by atoms with Crippen molar-refractivity contribution in [2.24, 2.45) is 35.5 Å². The lowest BCUT2D eigenvalue weighted by Crippen LogP contribution is -2.40. The Morgan fingerprint density at radius 2 is 1.57 bits per heavy atom. The number of nitrogens with zero attached hydrogens (tertiary/aromatic N) is 1. The van der Waals surface area contributed by atoms with E-state index in [-0.39, 0.29) is 51.8 Å². The van der Waals surface area contributed by atoms with Crippen LogP contribution >= 0.6 is 11.6 Å². The molecular weight excluding hydrogens is 483 g/mol. The van der Waals surface area contributed by atoms with Crippen LogP contribution in [0.15, 0.2) is 54.6 Å². The second-order valence-electron chi connectivity index (χ2n) is 9.60. The number of anilines is 1. The Balaban J connectivity index is 1.14. The van der Waals surface area contributed by atoms with E-state index in [1.54, 1.807) is 12.1 Å². The van der Waals surface area contributed by atoms with Crippen molar-refractivity contribution in [1.29, 1.82) is 0 Å². The fraction of sp³-hybridized carbons (Fsp3) is 0.346. The zero-order valence-electron chi connectivity index (χ0n) is 18.2. The summed E-state index contributed by atoms with van der Waals surface area (Å²) >= 11 is 5.74. The molecule has 0 radical (unpaired) electrons. The van der Waals surface area contributed by atoms with Gasteiger partial charge in [0.15, 0.2) is 12.4 Å². The van der Waals surface area contributed by atoms with Crippen molar-refractivity contribution in [3.8, 4) is 5.75 Å². The average molecular weight is 502 g/mol. The van der Waals surface area contributed by atoms with E-state index in [1.165, 1.54) is 17.0 Å². The van der Waals surface area contributed by atoms with Gasteiger partial charge in [0.25, 0.3) is 0 Å². The molecular formula is C26H19ClF3NO4. The van der Waals surface area contributed by atoms with Crippen molar-refractivity contribution >= 4 is 34.9 Å². The Kier molecular flexibility index (Phi) is 4.90. The summed E-state index contributed by atoms with van der Waals surface area (Å²) in [5, 5.41) is -0.200. The van der Waals surface area contributed by atoms with Crippen molar-refractivity contribution in [1.82, 2.24) is 0 Å². The van der Waals surface area contributed by atoms with Gasteiger partial charge in [-0.15, -0.1) is 0 Å². The first-order valence-electron chi connectivity index (χ1n) is 11.3. The summed E-state index contributed by atoms with van der Waals surface area (Å²) < 4.78 is 44.4. The minimum Gasteiger partial charge on any atom is -0.485 e. The number of benzene rings is 2. The molecule has 7 rings (SSSR count). The van der Waals surface area contributed by atoms with Crippen LogP contribution < -0.4 is 9.64 Å². The van der Waals surface area contributed by atoms with E-state index < -0.39 is 24.1 Å². The van der Waals surface area contributed by atoms with Crippen LogP contribution in [0.1, 0.15) is 22.3 Å². The third-order valence-corrected chi connectivity index (χ3v) is 7.89. The number of ketones is 1. The van der Waals surface area contributed by atoms with Crippen molar-refractivity contribution in [3.63, 3.8) is 0 Å². The molecule has 2 aromatic rings. The molecule has 2 amide bonds. The maximum atomic E-state index is 13.2. The molecule has 1 heterocycles. The lowest BCUT2D eigenvalue weighted by molar-refractivity contribution is -0.137. The molecule has 1 aliphatic heterocycles. The summed E-state index contributed by atoms with van der Waals surface area (Å²) in [5.74, 6) is -0.0276. The second kappa shape index (κ2) is 7.68. The highest BCUT2D eigenvalue weighted by Crippen LogP contribution is 2.65. The van der Waals surface area contributed by atoms with Gasteiger partial charge in [0.2, 0.25) is 11.8 Å². The van der Waals surface area contributed by atoms with Crippen LogP contribution in [0.5, 0.6) is 5.75 Å². The molecule has 0 unspecified atom stereocenters. The molecule has 5 aliphatic rings. The Morgan fingerprint density at radius 3 is 2.14 bits per heavy atom. The van der Waals surface area contributed by atoms with Gasteiger partial charge in [0.1, 0.15) is 5.75 Å². The normalized spacial score (nSPS) is 30.3. The zero-order chi connectivity index (χ0) is 24.6. The topological polar surface area (TPSA) is 63.7 Å². The van der Waals surface area contributed by atoms with Crippen LogP contribution in [0.25, 0.3) is 0 Å². The molecule has 6 atom stereocenters. The van der Waals surface area contributed by atoms with Gasteiger partial charge < -0.3 is 4.74 Å². The quantitative estimate of drug-likeness (QED) is 0.322. The van der Waals surface area contributed by atoms with E-state index in [2.05, 4.69) is 12.2 Å². The monoisotopic (exact) mass is 501 g/mol. The Bertz CT molecular complexity index is 1250. The van der Waals surface area contributed by atoms with Gasteiger partial charge in [-0.1, -0.05) is 23.8 Å². The number of allylic oxidation sites excluding steroid dienone is 2. The van der Waals surface area contributed by atoms with Gasteiger partial charge in [-0.2, -0.15) is 13.2 Å². The fourth-order valence-corrected chi connectivity index (χ4v) is 6.28. The number of imide groups is 1. The van der Waals surface area contributed by atoms with Crippen LogP contribution in [-0.2, 0) is 15.8 Å². The molecule has 180 valence electrons. The Labute approximate surface area is 203 Å². The van der Waals surface area contributed by atoms with E-state index in [0.29, 0.717) is 17.5 Å². The zero-order valence-corrected chi connectivity index (χ0v) is 18.9. The number of hydrogen-bond acceptors (Lipinski definition) is 4. The minimum atomic E-state index is -4.63. The number of hydrogen-bond donors (Lipinski definition) is 0. The van der Waals surface area contributed by atoms with Gasteiger partial charge in [-0.05, 0) is 72.6 Å². The number of carbonyl (C=O) groups is 3. The molecule has 35 heavy (non-hydrogen) atoms. The van der Waals surface area contributed by atoms with Crippen molar-refractivity contribution < 1.29 is 32.3 Å². The summed E-state index contributed by atoms with van der Waals surface area (Å²) in [4.78, 5) is 40.0. The van der Waals surface area contributed by atoms with Crippen molar-refractivity contribution in [2.45, 2.75) is 12.6 Å². The fourth-order valence-electron chi connectivity index (χ4n) is 6.05. The Hall–Kier alpha value is -3.13. The van der Waals surface area contributed by atoms with Crippen molar-refractivity contribution in [2.75, 3.05) is 11.5 Å². The molecule has 5 nitrogen and oxygen atoms in total. The largest absolute Gasteiger partial charge is 0.485 e. The summed E-state index contributed by atoms with van der Waals surface area (Å²) in [6, 6.07) is 8.83. The molecule has 0 aromatic heterocycles. The summed E-state index contributed by atoms with van der Waals surface area (Å²) in [6.45, 7) is -0.499. The minimum absolute atomic E-state index is 0.134. The molecule has 9 heteroatoms. The third-order valence-electron chi connectivity index (χ3n) is 7.67. The molecule has 2 bridgehead atoms. The van der Waals surface area contributed by atoms with Gasteiger partial charge in [0.05, 0.1) is 23.1 Å². The average Bonchev–Trinajstić information content (AvgIpc) is 3.60. The molecule has 4 aliphatic carbocycles. The number of amides is 2. The van der Waals surface area contributed by atoms with E-state index >= 15 is 0 Å². The molecule has 2 aromatic carbocycles. The van der Waals surface area contributed by atoms with Crippen LogP contribution in [0, 0.1) is 35.5 Å². The first kappa shape index (κ1) is 22.3. The van der Waals surface area contributed by atoms with Gasteiger partial charge >= 0.3 is 6.18 Å². The first-order chi connectivity index (χ1) is 16.6. The maximum absolute atomic E-state index is 13.2. The van der Waals surface area contributed by atoms with E-state index in [4.69, 9.17) is 16.3 Å². The number of alkyl halides is 3. The predicted molar refractivity (Wildman–Crippen MR) is 120 cm³/mol. The molecule has 3 fully saturated rings. The standard InChI is InChI=1S/C26H19ClF3NO4/c27-14-8-12(7-13(9-14)26(28,29)30)21(32)11-35-16-3-1-15(2-4-16)31-24(33)22-17-5-6-18(20-10-19(17)20)23(22)25(31)34/h1-9,17-20,22-23H,10-11H2/t17-,18+,19+,20-,22-,23+. The van der Waals surface area contributed by atoms with Crippen LogP contribution in [0.2, 0.25) is 5.02 Å². The number of carbonyl (C=O) groups excluding carboxylic acids is 3. The van der Waals surface area contributed by atoms with Crippen LogP contribution in [0.4, 0.5) is 18.9 Å². The molecule has 2 saturated carbocycles. The van der Waals surface area contributed by atoms with E-state index in [1.807, 2.05) is 0 Å². The number of ether oxygens (including phenoxy) is 1. The highest BCUT2D eigenvalue weighted by molar-refractivity contribution is 6.31. The summed E-state index contributed by atoms with van der Waals surface area (Å²) in [6.07, 6.45) is 0.683. The maximum Gasteiger partial charge on any atom is 0.416 e. The molecule has 0 spiro atoms. The molecule has 1 saturated heterocycles. The van der Waals surface area contributed by atoms with Gasteiger partial charge in [-0.25, -0.2) is 0 Å². The predicted octanol–water partition coefficient (Wildman–Crippen LogP) is 5.18. The van der Waals surface area contributed by atoms with Gasteiger partial charge in [-0.3, -0.25) is 19.3 Å². The first-order valence-corrected chi connectivity index (χ1v) is 11.7. The molecule has 0 N–H and O–H groups in total. The van der Waals surface area contributed by atoms with Crippen LogP contribution in [-0.4, -0.2) is 24.2 Å². The Morgan fingerprint density at radius 1 is 0.971 bits per heavy atom. The third kappa shape index (κ3) is 3.57. The smallest absolute Gasteiger partial charge is 0.416 e. The van der Waals surface area contributed by atoms with Crippen molar-refractivity contribution in [3.05, 3.63) is 70.8 Å². The lowest BCUT2D eigenvalue weighted by Gasteiger charge is -2.37. The SMILES string of the molecule is O=C(COc1ccc(N2C(=O)[C@@H]3[C@@H]4C=C[C@@H]([C@H]5C[C@@H]45)[C@@H]3C2=O)cc1)c1cc(Cl)cc(C(F)(F)F)c1. The highest BCUT2D eigenvalue weighted by atomic mass is 35.5. The number of Topliss-reactive ketones (excluding diaryl/α,β-unsaturated/α-hetero) is 1. The van der Waals surface area contributed by atoms with E-state index in [0.717, 1.165) is 24.6 Å². The van der Waals surface area contributed by atoms with Crippen LogP contribution in [0.3, 0.4) is 0 Å². The lowest BCUT2D eigenvalue weighted by atomic mass is 9.63. The number of rotatable bonds is 5. The second-order valence-corrected chi connectivity index (χ2v) is 10.0. The van der Waals surface area contributed by atoms with E-state index in [9.17, 15) is 27.6 Å². The summed E-state index contributed by atoms with van der Waals surface area (Å²) in [5.41, 5.74) is -0.788. The summed E-state index contributed by atoms with van der Waals surface area (Å²) in [7, 11) is 0. The highest BCUT2D eigenvalue weighted by Gasteiger charge is 2.67. The number of halogens is 4.